The van der Waals surface area contributed by atoms with Crippen molar-refractivity contribution in [2.24, 2.45) is 0 Å². The molecular weight excluding hydrogens is 240 g/mol. The van der Waals surface area contributed by atoms with Crippen LogP contribution in [0.5, 0.6) is 0 Å². The number of nitrogens with zero attached hydrogens (tertiary/aromatic N) is 2. The van der Waals surface area contributed by atoms with Crippen molar-refractivity contribution in [1.29, 1.82) is 0 Å². The maximum Gasteiger partial charge on any atom is 0.276 e. The SMILES string of the molecule is CCCCN(C(=O)c1n[nH]c(CCC)c1N)C1CC1. The second kappa shape index (κ2) is 6.08. The lowest BCUT2D eigenvalue weighted by Gasteiger charge is -2.21. The van der Waals surface area contributed by atoms with Crippen molar-refractivity contribution in [2.75, 3.05) is 12.3 Å². The number of carbonyl (C=O) groups excluding carboxylic acids is 1. The molecule has 0 aromatic carbocycles. The van der Waals surface area contributed by atoms with Gasteiger partial charge in [-0.3, -0.25) is 9.89 Å². The first kappa shape index (κ1) is 13.9. The number of unbranched alkanes of at least 4 members (excludes halogenated alkanes) is 1. The molecule has 1 saturated carbocycles. The van der Waals surface area contributed by atoms with E-state index >= 15 is 0 Å². The van der Waals surface area contributed by atoms with Crippen LogP contribution in [0.25, 0.3) is 0 Å². The number of nitrogen functional groups attached to an aromatic ring is 1. The van der Waals surface area contributed by atoms with Crippen LogP contribution < -0.4 is 5.73 Å². The van der Waals surface area contributed by atoms with Gasteiger partial charge in [0.15, 0.2) is 5.69 Å². The third-order valence-corrected chi connectivity index (χ3v) is 3.59. The van der Waals surface area contributed by atoms with Gasteiger partial charge in [-0.15, -0.1) is 0 Å². The minimum Gasteiger partial charge on any atom is -0.395 e. The lowest BCUT2D eigenvalue weighted by molar-refractivity contribution is 0.0736. The zero-order valence-electron chi connectivity index (χ0n) is 11.9. The van der Waals surface area contributed by atoms with E-state index < -0.39 is 0 Å². The summed E-state index contributed by atoms with van der Waals surface area (Å²) in [5, 5.41) is 7.04. The number of rotatable bonds is 7. The summed E-state index contributed by atoms with van der Waals surface area (Å²) < 4.78 is 0. The quantitative estimate of drug-likeness (QED) is 0.793. The largest absolute Gasteiger partial charge is 0.395 e. The fraction of sp³-hybridized carbons (Fsp3) is 0.714. The third-order valence-electron chi connectivity index (χ3n) is 3.59. The van der Waals surface area contributed by atoms with E-state index in [1.165, 1.54) is 0 Å². The molecule has 1 amide bonds. The van der Waals surface area contributed by atoms with Crippen LogP contribution in [0.15, 0.2) is 0 Å². The van der Waals surface area contributed by atoms with Crippen LogP contribution in [-0.4, -0.2) is 33.6 Å². The molecule has 0 aliphatic heterocycles. The summed E-state index contributed by atoms with van der Waals surface area (Å²) in [4.78, 5) is 14.5. The first-order valence-corrected chi connectivity index (χ1v) is 7.32. The maximum absolute atomic E-state index is 12.5. The molecule has 1 aromatic rings. The van der Waals surface area contributed by atoms with Crippen LogP contribution in [0.1, 0.15) is 62.1 Å². The number of H-pyrrole nitrogens is 1. The highest BCUT2D eigenvalue weighted by atomic mass is 16.2. The fourth-order valence-electron chi connectivity index (χ4n) is 2.29. The van der Waals surface area contributed by atoms with Gasteiger partial charge in [-0.05, 0) is 25.7 Å². The summed E-state index contributed by atoms with van der Waals surface area (Å²) >= 11 is 0. The van der Waals surface area contributed by atoms with Gasteiger partial charge >= 0.3 is 0 Å². The zero-order chi connectivity index (χ0) is 13.8. The summed E-state index contributed by atoms with van der Waals surface area (Å²) in [6.45, 7) is 5.03. The summed E-state index contributed by atoms with van der Waals surface area (Å²) in [6.07, 6.45) is 6.18. The number of anilines is 1. The van der Waals surface area contributed by atoms with E-state index in [1.54, 1.807) is 0 Å². The van der Waals surface area contributed by atoms with E-state index in [0.717, 1.165) is 50.8 Å². The molecule has 0 radical (unpaired) electrons. The minimum atomic E-state index is -0.00736. The number of nitrogens with two attached hydrogens (primary N) is 1. The van der Waals surface area contributed by atoms with Crippen LogP contribution in [0.4, 0.5) is 5.69 Å². The maximum atomic E-state index is 12.5. The van der Waals surface area contributed by atoms with Crippen LogP contribution in [0.3, 0.4) is 0 Å². The van der Waals surface area contributed by atoms with Crippen molar-refractivity contribution in [2.45, 2.75) is 58.4 Å². The lowest BCUT2D eigenvalue weighted by atomic mass is 10.2. The zero-order valence-corrected chi connectivity index (χ0v) is 11.9. The number of aromatic nitrogens is 2. The molecule has 0 spiro atoms. The first-order chi connectivity index (χ1) is 9.19. The molecule has 1 aliphatic carbocycles. The molecule has 1 aromatic heterocycles. The van der Waals surface area contributed by atoms with Crippen molar-refractivity contribution in [3.63, 3.8) is 0 Å². The Bertz CT molecular complexity index is 437. The Labute approximate surface area is 114 Å². The van der Waals surface area contributed by atoms with Gasteiger partial charge in [0.2, 0.25) is 0 Å². The van der Waals surface area contributed by atoms with Crippen molar-refractivity contribution in [1.82, 2.24) is 15.1 Å². The minimum absolute atomic E-state index is 0.00736. The predicted molar refractivity (Wildman–Crippen MR) is 76.0 cm³/mol. The van der Waals surface area contributed by atoms with Crippen molar-refractivity contribution < 1.29 is 4.79 Å². The second-order valence-electron chi connectivity index (χ2n) is 5.30. The summed E-state index contributed by atoms with van der Waals surface area (Å²) in [7, 11) is 0. The number of aromatic amines is 1. The first-order valence-electron chi connectivity index (χ1n) is 7.32. The Balaban J connectivity index is 2.12. The highest BCUT2D eigenvalue weighted by molar-refractivity contribution is 5.98. The van der Waals surface area contributed by atoms with Crippen molar-refractivity contribution in [3.05, 3.63) is 11.4 Å². The van der Waals surface area contributed by atoms with Crippen LogP contribution >= 0.6 is 0 Å². The van der Waals surface area contributed by atoms with E-state index in [4.69, 9.17) is 5.73 Å². The number of amides is 1. The molecule has 0 saturated heterocycles. The third kappa shape index (κ3) is 3.08. The molecule has 0 unspecified atom stereocenters. The van der Waals surface area contributed by atoms with Gasteiger partial charge in [0.1, 0.15) is 0 Å². The number of hydrogen-bond donors (Lipinski definition) is 2. The van der Waals surface area contributed by atoms with Gasteiger partial charge in [-0.1, -0.05) is 26.7 Å². The molecule has 106 valence electrons. The summed E-state index contributed by atoms with van der Waals surface area (Å²) in [6, 6.07) is 0.407. The Morgan fingerprint density at radius 3 is 2.74 bits per heavy atom. The highest BCUT2D eigenvalue weighted by Crippen LogP contribution is 2.29. The summed E-state index contributed by atoms with van der Waals surface area (Å²) in [5.41, 5.74) is 7.87. The molecule has 1 heterocycles. The molecule has 19 heavy (non-hydrogen) atoms. The Morgan fingerprint density at radius 1 is 1.42 bits per heavy atom. The van der Waals surface area contributed by atoms with E-state index in [-0.39, 0.29) is 5.91 Å². The van der Waals surface area contributed by atoms with Gasteiger partial charge in [0.25, 0.3) is 5.91 Å². The van der Waals surface area contributed by atoms with Crippen LogP contribution in [0.2, 0.25) is 0 Å². The Hall–Kier alpha value is -1.52. The molecule has 3 N–H and O–H groups in total. The van der Waals surface area contributed by atoms with Gasteiger partial charge < -0.3 is 10.6 Å². The Kier molecular flexibility index (Phi) is 4.45. The number of nitrogens with one attached hydrogen (secondary N) is 1. The molecule has 5 heteroatoms. The monoisotopic (exact) mass is 264 g/mol. The predicted octanol–water partition coefficient (Wildman–Crippen LogP) is 2.35. The van der Waals surface area contributed by atoms with Crippen molar-refractivity contribution >= 4 is 11.6 Å². The number of aryl methyl sites for hydroxylation is 1. The number of hydrogen-bond acceptors (Lipinski definition) is 3. The van der Waals surface area contributed by atoms with E-state index in [0.29, 0.717) is 17.4 Å². The van der Waals surface area contributed by atoms with Gasteiger partial charge in [-0.25, -0.2) is 0 Å². The molecule has 1 aliphatic rings. The molecule has 2 rings (SSSR count). The van der Waals surface area contributed by atoms with Crippen LogP contribution in [0, 0.1) is 0 Å². The fourth-order valence-corrected chi connectivity index (χ4v) is 2.29. The second-order valence-corrected chi connectivity index (χ2v) is 5.30. The topological polar surface area (TPSA) is 75.0 Å². The van der Waals surface area contributed by atoms with E-state index in [1.807, 2.05) is 4.90 Å². The average molecular weight is 264 g/mol. The molecule has 0 bridgehead atoms. The lowest BCUT2D eigenvalue weighted by Crippen LogP contribution is -2.34. The standard InChI is InChI=1S/C14H24N4O/c1-3-5-9-18(10-7-8-10)14(19)13-12(15)11(6-4-2)16-17-13/h10H,3-9,15H2,1-2H3,(H,16,17). The number of carbonyl (C=O) groups is 1. The summed E-state index contributed by atoms with van der Waals surface area (Å²) in [5.74, 6) is -0.00736. The molecule has 5 nitrogen and oxygen atoms in total. The van der Waals surface area contributed by atoms with Gasteiger partial charge in [0, 0.05) is 12.6 Å². The highest BCUT2D eigenvalue weighted by Gasteiger charge is 2.34. The smallest absolute Gasteiger partial charge is 0.276 e. The molecule has 1 fully saturated rings. The van der Waals surface area contributed by atoms with Gasteiger partial charge in [-0.2, -0.15) is 5.10 Å². The average Bonchev–Trinajstić information content (AvgIpc) is 3.17. The van der Waals surface area contributed by atoms with Crippen molar-refractivity contribution in [3.8, 4) is 0 Å². The van der Waals surface area contributed by atoms with E-state index in [9.17, 15) is 4.79 Å². The van der Waals surface area contributed by atoms with Gasteiger partial charge in [0.05, 0.1) is 11.4 Å². The Morgan fingerprint density at radius 2 is 2.16 bits per heavy atom. The normalized spacial score (nSPS) is 14.6. The van der Waals surface area contributed by atoms with E-state index in [2.05, 4.69) is 24.0 Å². The van der Waals surface area contributed by atoms with Crippen LogP contribution in [-0.2, 0) is 6.42 Å². The molecular formula is C14H24N4O. The molecule has 0 atom stereocenters.